The van der Waals surface area contributed by atoms with Crippen molar-refractivity contribution in [1.82, 2.24) is 0 Å². The van der Waals surface area contributed by atoms with Crippen LogP contribution in [0.1, 0.15) is 0 Å². The lowest BCUT2D eigenvalue weighted by molar-refractivity contribution is 0.672. The normalized spacial score (nSPS) is 11.6. The highest BCUT2D eigenvalue weighted by molar-refractivity contribution is 7.26. The van der Waals surface area contributed by atoms with Gasteiger partial charge in [-0.15, -0.1) is 11.3 Å². The molecular weight excluding hydrogens is 687 g/mol. The van der Waals surface area contributed by atoms with Crippen molar-refractivity contribution in [1.29, 1.82) is 0 Å². The molecule has 258 valence electrons. The summed E-state index contributed by atoms with van der Waals surface area (Å²) in [6, 6.07) is 71.9. The molecule has 3 heteroatoms. The van der Waals surface area contributed by atoms with E-state index in [1.54, 1.807) is 0 Å². The Morgan fingerprint density at radius 1 is 0.382 bits per heavy atom. The van der Waals surface area contributed by atoms with Crippen LogP contribution >= 0.6 is 11.3 Å². The molecule has 0 atom stereocenters. The van der Waals surface area contributed by atoms with Gasteiger partial charge in [-0.3, -0.25) is 0 Å². The fourth-order valence-electron chi connectivity index (χ4n) is 8.39. The summed E-state index contributed by atoms with van der Waals surface area (Å²) in [5.74, 6) is 0. The zero-order valence-corrected chi connectivity index (χ0v) is 30.6. The number of anilines is 3. The van der Waals surface area contributed by atoms with Crippen LogP contribution < -0.4 is 4.90 Å². The molecule has 0 bridgehead atoms. The topological polar surface area (TPSA) is 16.4 Å². The van der Waals surface area contributed by atoms with Crippen molar-refractivity contribution in [3.8, 4) is 33.4 Å². The fraction of sp³-hybridized carbons (Fsp3) is 0. The van der Waals surface area contributed by atoms with Gasteiger partial charge in [0.25, 0.3) is 0 Å². The Kier molecular flexibility index (Phi) is 7.39. The maximum Gasteiger partial charge on any atom is 0.143 e. The first-order chi connectivity index (χ1) is 27.3. The number of hydrogen-bond acceptors (Lipinski definition) is 3. The van der Waals surface area contributed by atoms with Crippen molar-refractivity contribution < 1.29 is 4.42 Å². The lowest BCUT2D eigenvalue weighted by atomic mass is 9.93. The van der Waals surface area contributed by atoms with E-state index in [2.05, 4.69) is 205 Å². The van der Waals surface area contributed by atoms with Crippen LogP contribution in [0.5, 0.6) is 0 Å². The van der Waals surface area contributed by atoms with Crippen LogP contribution in [0.4, 0.5) is 17.1 Å². The minimum Gasteiger partial charge on any atom is -0.455 e. The van der Waals surface area contributed by atoms with Crippen LogP contribution in [0.25, 0.3) is 86.3 Å². The van der Waals surface area contributed by atoms with Gasteiger partial charge in [-0.1, -0.05) is 152 Å². The van der Waals surface area contributed by atoms with Crippen molar-refractivity contribution in [2.75, 3.05) is 4.90 Å². The number of benzene rings is 9. The zero-order valence-electron chi connectivity index (χ0n) is 29.8. The number of rotatable bonds is 6. The third-order valence-corrected chi connectivity index (χ3v) is 12.1. The van der Waals surface area contributed by atoms with E-state index >= 15 is 0 Å². The molecule has 2 heterocycles. The summed E-state index contributed by atoms with van der Waals surface area (Å²) >= 11 is 1.88. The van der Waals surface area contributed by atoms with Gasteiger partial charge in [-0.2, -0.15) is 0 Å². The van der Waals surface area contributed by atoms with Gasteiger partial charge < -0.3 is 9.32 Å². The SMILES string of the molecule is c1ccc(-c2ccc(-c3cccc4sc5c(-c6cc7c(oc8cccc(N(c9ccccc9)c9ccccc9)c87)c7ccccc67)cccc5c34)cc2)cc1. The zero-order chi connectivity index (χ0) is 36.3. The molecule has 55 heavy (non-hydrogen) atoms. The molecule has 2 aromatic heterocycles. The second-order valence-corrected chi connectivity index (χ2v) is 15.1. The van der Waals surface area contributed by atoms with Gasteiger partial charge in [0, 0.05) is 47.9 Å². The van der Waals surface area contributed by atoms with Crippen molar-refractivity contribution in [2.24, 2.45) is 0 Å². The van der Waals surface area contributed by atoms with Crippen molar-refractivity contribution in [2.45, 2.75) is 0 Å². The minimum atomic E-state index is 0.870. The number of furan rings is 1. The van der Waals surface area contributed by atoms with Crippen molar-refractivity contribution in [3.05, 3.63) is 200 Å². The Hall–Kier alpha value is -6.94. The Morgan fingerprint density at radius 2 is 0.964 bits per heavy atom. The van der Waals surface area contributed by atoms with Crippen LogP contribution in [-0.4, -0.2) is 0 Å². The lowest BCUT2D eigenvalue weighted by Crippen LogP contribution is -2.09. The highest BCUT2D eigenvalue weighted by Gasteiger charge is 2.23. The molecule has 0 aliphatic rings. The summed E-state index contributed by atoms with van der Waals surface area (Å²) in [6.45, 7) is 0. The van der Waals surface area contributed by atoms with Crippen LogP contribution in [0.15, 0.2) is 205 Å². The standard InChI is InChI=1S/C52H33NOS/c1-4-15-34(16-5-1)35-29-31-36(32-30-35)39-23-13-28-48-49(39)43-25-12-24-42(52(43)55-48)44-33-45-50-46(53(37-17-6-2-7-18-37)38-19-8-3-9-20-38)26-14-27-47(50)54-51(45)41-22-11-10-21-40(41)44/h1-33H. The summed E-state index contributed by atoms with van der Waals surface area (Å²) in [6.07, 6.45) is 0. The van der Waals surface area contributed by atoms with Gasteiger partial charge in [0.15, 0.2) is 0 Å². The van der Waals surface area contributed by atoms with Crippen molar-refractivity contribution in [3.63, 3.8) is 0 Å². The number of thiophene rings is 1. The van der Waals surface area contributed by atoms with Crippen LogP contribution in [0.3, 0.4) is 0 Å². The van der Waals surface area contributed by atoms with Gasteiger partial charge >= 0.3 is 0 Å². The number of fused-ring (bicyclic) bond motifs is 8. The molecule has 0 saturated heterocycles. The number of para-hydroxylation sites is 2. The first-order valence-corrected chi connectivity index (χ1v) is 19.5. The number of hydrogen-bond donors (Lipinski definition) is 0. The predicted octanol–water partition coefficient (Wildman–Crippen LogP) is 15.6. The highest BCUT2D eigenvalue weighted by atomic mass is 32.1. The Bertz CT molecular complexity index is 3140. The summed E-state index contributed by atoms with van der Waals surface area (Å²) in [7, 11) is 0. The van der Waals surface area contributed by atoms with Crippen LogP contribution in [-0.2, 0) is 0 Å². The van der Waals surface area contributed by atoms with Gasteiger partial charge in [0.1, 0.15) is 11.2 Å². The molecule has 0 amide bonds. The highest BCUT2D eigenvalue weighted by Crippen LogP contribution is 2.49. The van der Waals surface area contributed by atoms with Gasteiger partial charge in [-0.05, 0) is 81.7 Å². The molecule has 2 nitrogen and oxygen atoms in total. The lowest BCUT2D eigenvalue weighted by Gasteiger charge is -2.26. The quantitative estimate of drug-likeness (QED) is 0.170. The second-order valence-electron chi connectivity index (χ2n) is 14.0. The van der Waals surface area contributed by atoms with Crippen LogP contribution in [0.2, 0.25) is 0 Å². The van der Waals surface area contributed by atoms with E-state index in [-0.39, 0.29) is 0 Å². The van der Waals surface area contributed by atoms with Crippen LogP contribution in [0, 0.1) is 0 Å². The Morgan fingerprint density at radius 3 is 1.71 bits per heavy atom. The summed E-state index contributed by atoms with van der Waals surface area (Å²) in [4.78, 5) is 2.34. The summed E-state index contributed by atoms with van der Waals surface area (Å²) in [5, 5.41) is 7.08. The molecule has 11 rings (SSSR count). The van der Waals surface area contributed by atoms with Gasteiger partial charge in [0.2, 0.25) is 0 Å². The Labute approximate surface area is 322 Å². The molecule has 0 fully saturated rings. The fourth-order valence-corrected chi connectivity index (χ4v) is 9.65. The first kappa shape index (κ1) is 31.6. The molecule has 11 aromatic rings. The largest absolute Gasteiger partial charge is 0.455 e. The van der Waals surface area contributed by atoms with E-state index < -0.39 is 0 Å². The van der Waals surface area contributed by atoms with E-state index in [0.717, 1.165) is 44.4 Å². The average molecular weight is 720 g/mol. The van der Waals surface area contributed by atoms with E-state index in [1.807, 2.05) is 11.3 Å². The predicted molar refractivity (Wildman–Crippen MR) is 235 cm³/mol. The van der Waals surface area contributed by atoms with E-state index in [9.17, 15) is 0 Å². The minimum absolute atomic E-state index is 0.870. The monoisotopic (exact) mass is 719 g/mol. The first-order valence-electron chi connectivity index (χ1n) is 18.7. The third-order valence-electron chi connectivity index (χ3n) is 10.9. The van der Waals surface area contributed by atoms with E-state index in [4.69, 9.17) is 4.42 Å². The summed E-state index contributed by atoms with van der Waals surface area (Å²) in [5.41, 5.74) is 12.4. The molecule has 0 aliphatic carbocycles. The number of nitrogens with zero attached hydrogens (tertiary/aromatic N) is 1. The van der Waals surface area contributed by atoms with E-state index in [0.29, 0.717) is 0 Å². The average Bonchev–Trinajstić information content (AvgIpc) is 3.84. The van der Waals surface area contributed by atoms with Gasteiger partial charge in [0.05, 0.1) is 11.1 Å². The van der Waals surface area contributed by atoms with Crippen molar-refractivity contribution >= 4 is 81.3 Å². The summed E-state index contributed by atoms with van der Waals surface area (Å²) < 4.78 is 9.41. The Balaban J connectivity index is 1.14. The second kappa shape index (κ2) is 12.9. The third kappa shape index (κ3) is 5.16. The molecule has 9 aromatic carbocycles. The molecular formula is C52H33NOS. The smallest absolute Gasteiger partial charge is 0.143 e. The maximum atomic E-state index is 6.83. The molecule has 0 unspecified atom stereocenters. The molecule has 0 aliphatic heterocycles. The van der Waals surface area contributed by atoms with E-state index in [1.165, 1.54) is 58.9 Å². The molecule has 0 spiro atoms. The molecule has 0 radical (unpaired) electrons. The maximum absolute atomic E-state index is 6.83. The molecule has 0 saturated carbocycles. The molecule has 0 N–H and O–H groups in total. The van der Waals surface area contributed by atoms with Gasteiger partial charge in [-0.25, -0.2) is 0 Å².